The first kappa shape index (κ1) is 13.7. The maximum Gasteiger partial charge on any atom is 0.319 e. The molecule has 1 heterocycles. The molecule has 0 spiro atoms. The summed E-state index contributed by atoms with van der Waals surface area (Å²) in [6.45, 7) is 4.94. The van der Waals surface area contributed by atoms with Gasteiger partial charge < -0.3 is 14.2 Å². The third-order valence-corrected chi connectivity index (χ3v) is 3.04. The zero-order valence-corrected chi connectivity index (χ0v) is 11.3. The van der Waals surface area contributed by atoms with Crippen LogP contribution in [0.2, 0.25) is 0 Å². The van der Waals surface area contributed by atoms with Gasteiger partial charge in [0.2, 0.25) is 0 Å². The lowest BCUT2D eigenvalue weighted by Gasteiger charge is -2.22. The van der Waals surface area contributed by atoms with E-state index in [-0.39, 0.29) is 5.97 Å². The van der Waals surface area contributed by atoms with Gasteiger partial charge in [0.1, 0.15) is 13.2 Å². The molecule has 1 aromatic rings. The van der Waals surface area contributed by atoms with Crippen LogP contribution in [-0.4, -0.2) is 44.3 Å². The fraction of sp³-hybridized carbons (Fsp3) is 0.500. The topological polar surface area (TPSA) is 48.0 Å². The Bertz CT molecular complexity index is 447. The van der Waals surface area contributed by atoms with Crippen molar-refractivity contribution in [1.82, 2.24) is 4.90 Å². The van der Waals surface area contributed by atoms with Crippen LogP contribution in [0.25, 0.3) is 0 Å². The minimum atomic E-state index is -0.223. The molecule has 0 aromatic heterocycles. The lowest BCUT2D eigenvalue weighted by atomic mass is 10.2. The van der Waals surface area contributed by atoms with Gasteiger partial charge >= 0.3 is 5.97 Å². The molecule has 1 aromatic carbocycles. The molecular formula is C14H19NO4. The van der Waals surface area contributed by atoms with Gasteiger partial charge in [0.25, 0.3) is 0 Å². The van der Waals surface area contributed by atoms with Crippen molar-refractivity contribution in [1.29, 1.82) is 0 Å². The number of hydrogen-bond acceptors (Lipinski definition) is 5. The molecule has 0 fully saturated rings. The Balaban J connectivity index is 2.03. The summed E-state index contributed by atoms with van der Waals surface area (Å²) < 4.78 is 15.7. The second-order valence-corrected chi connectivity index (χ2v) is 4.36. The lowest BCUT2D eigenvalue weighted by molar-refractivity contribution is -0.142. The standard InChI is InChI=1S/C14H19NO4/c1-3-15(10-14(16)17-2)9-11-4-5-12-13(8-11)19-7-6-18-12/h4-5,8H,3,6-7,9-10H2,1-2H3. The first-order valence-corrected chi connectivity index (χ1v) is 6.40. The van der Waals surface area contributed by atoms with E-state index in [2.05, 4.69) is 4.74 Å². The van der Waals surface area contributed by atoms with E-state index in [9.17, 15) is 4.79 Å². The quantitative estimate of drug-likeness (QED) is 0.754. The smallest absolute Gasteiger partial charge is 0.319 e. The van der Waals surface area contributed by atoms with Crippen molar-refractivity contribution in [3.05, 3.63) is 23.8 Å². The Labute approximate surface area is 113 Å². The zero-order chi connectivity index (χ0) is 13.7. The Kier molecular flexibility index (Phi) is 4.63. The van der Waals surface area contributed by atoms with E-state index < -0.39 is 0 Å². The molecule has 0 saturated carbocycles. The summed E-state index contributed by atoms with van der Waals surface area (Å²) in [4.78, 5) is 13.3. The highest BCUT2D eigenvalue weighted by molar-refractivity contribution is 5.71. The van der Waals surface area contributed by atoms with Crippen molar-refractivity contribution in [3.63, 3.8) is 0 Å². The highest BCUT2D eigenvalue weighted by Crippen LogP contribution is 2.31. The largest absolute Gasteiger partial charge is 0.486 e. The van der Waals surface area contributed by atoms with E-state index in [1.54, 1.807) is 0 Å². The fourth-order valence-corrected chi connectivity index (χ4v) is 1.97. The lowest BCUT2D eigenvalue weighted by Crippen LogP contribution is -2.30. The van der Waals surface area contributed by atoms with E-state index in [0.29, 0.717) is 26.3 Å². The summed E-state index contributed by atoms with van der Waals surface area (Å²) >= 11 is 0. The number of methoxy groups -OCH3 is 1. The number of esters is 1. The molecule has 0 saturated heterocycles. The van der Waals surface area contributed by atoms with Gasteiger partial charge in [0.15, 0.2) is 11.5 Å². The number of rotatable bonds is 5. The van der Waals surface area contributed by atoms with Crippen LogP contribution in [0, 0.1) is 0 Å². The van der Waals surface area contributed by atoms with Crippen LogP contribution in [0.4, 0.5) is 0 Å². The number of benzene rings is 1. The minimum absolute atomic E-state index is 0.223. The summed E-state index contributed by atoms with van der Waals surface area (Å²) in [5.74, 6) is 1.34. The molecule has 104 valence electrons. The van der Waals surface area contributed by atoms with Gasteiger partial charge in [-0.15, -0.1) is 0 Å². The molecule has 5 nitrogen and oxygen atoms in total. The predicted molar refractivity (Wildman–Crippen MR) is 70.4 cm³/mol. The van der Waals surface area contributed by atoms with Gasteiger partial charge in [-0.05, 0) is 24.2 Å². The molecule has 1 aliphatic heterocycles. The van der Waals surface area contributed by atoms with Gasteiger partial charge in [-0.25, -0.2) is 0 Å². The highest BCUT2D eigenvalue weighted by atomic mass is 16.6. The van der Waals surface area contributed by atoms with Crippen LogP contribution in [0.3, 0.4) is 0 Å². The van der Waals surface area contributed by atoms with E-state index >= 15 is 0 Å². The average Bonchev–Trinajstić information content (AvgIpc) is 2.46. The Morgan fingerprint density at radius 2 is 2.05 bits per heavy atom. The van der Waals surface area contributed by atoms with Crippen LogP contribution < -0.4 is 9.47 Å². The Morgan fingerprint density at radius 3 is 2.74 bits per heavy atom. The van der Waals surface area contributed by atoms with E-state index in [1.165, 1.54) is 7.11 Å². The van der Waals surface area contributed by atoms with Crippen LogP contribution in [0.5, 0.6) is 11.5 Å². The number of carbonyl (C=O) groups is 1. The third-order valence-electron chi connectivity index (χ3n) is 3.04. The summed E-state index contributed by atoms with van der Waals surface area (Å²) in [6.07, 6.45) is 0. The molecule has 1 aliphatic rings. The van der Waals surface area contributed by atoms with Crippen molar-refractivity contribution < 1.29 is 19.0 Å². The summed E-state index contributed by atoms with van der Waals surface area (Å²) in [6, 6.07) is 5.87. The van der Waals surface area contributed by atoms with Crippen LogP contribution in [-0.2, 0) is 16.1 Å². The van der Waals surface area contributed by atoms with Gasteiger partial charge in [-0.2, -0.15) is 0 Å². The Morgan fingerprint density at radius 1 is 1.32 bits per heavy atom. The molecule has 0 amide bonds. The summed E-state index contributed by atoms with van der Waals surface area (Å²) in [5, 5.41) is 0. The normalized spacial score (nSPS) is 13.4. The molecule has 0 N–H and O–H groups in total. The van der Waals surface area contributed by atoms with Crippen molar-refractivity contribution in [2.75, 3.05) is 33.4 Å². The fourth-order valence-electron chi connectivity index (χ4n) is 1.97. The molecule has 0 bridgehead atoms. The zero-order valence-electron chi connectivity index (χ0n) is 11.3. The van der Waals surface area contributed by atoms with Crippen LogP contribution in [0.15, 0.2) is 18.2 Å². The second kappa shape index (κ2) is 6.43. The Hall–Kier alpha value is -1.75. The number of fused-ring (bicyclic) bond motifs is 1. The number of carbonyl (C=O) groups excluding carboxylic acids is 1. The van der Waals surface area contributed by atoms with Crippen molar-refractivity contribution >= 4 is 5.97 Å². The van der Waals surface area contributed by atoms with Gasteiger partial charge in [0, 0.05) is 6.54 Å². The van der Waals surface area contributed by atoms with Crippen LogP contribution >= 0.6 is 0 Å². The minimum Gasteiger partial charge on any atom is -0.486 e. The predicted octanol–water partition coefficient (Wildman–Crippen LogP) is 1.45. The maximum atomic E-state index is 11.3. The van der Waals surface area contributed by atoms with Gasteiger partial charge in [-0.1, -0.05) is 13.0 Å². The number of likely N-dealkylation sites (N-methyl/N-ethyl adjacent to an activating group) is 1. The third kappa shape index (κ3) is 3.61. The first-order valence-electron chi connectivity index (χ1n) is 6.40. The monoisotopic (exact) mass is 265 g/mol. The van der Waals surface area contributed by atoms with Gasteiger partial charge in [0.05, 0.1) is 13.7 Å². The average molecular weight is 265 g/mol. The summed E-state index contributed by atoms with van der Waals surface area (Å²) in [7, 11) is 1.40. The number of nitrogens with zero attached hydrogens (tertiary/aromatic N) is 1. The van der Waals surface area contributed by atoms with Crippen molar-refractivity contribution in [3.8, 4) is 11.5 Å². The van der Waals surface area contributed by atoms with E-state index in [0.717, 1.165) is 23.6 Å². The molecule has 0 unspecified atom stereocenters. The molecule has 5 heteroatoms. The summed E-state index contributed by atoms with van der Waals surface area (Å²) in [5.41, 5.74) is 1.09. The molecule has 2 rings (SSSR count). The number of hydrogen-bond donors (Lipinski definition) is 0. The second-order valence-electron chi connectivity index (χ2n) is 4.36. The molecule has 0 atom stereocenters. The molecular weight excluding hydrogens is 246 g/mol. The van der Waals surface area contributed by atoms with E-state index in [1.807, 2.05) is 30.0 Å². The molecule has 19 heavy (non-hydrogen) atoms. The molecule has 0 aliphatic carbocycles. The van der Waals surface area contributed by atoms with Crippen molar-refractivity contribution in [2.24, 2.45) is 0 Å². The van der Waals surface area contributed by atoms with E-state index in [4.69, 9.17) is 9.47 Å². The van der Waals surface area contributed by atoms with Crippen LogP contribution in [0.1, 0.15) is 12.5 Å². The van der Waals surface area contributed by atoms with Gasteiger partial charge in [-0.3, -0.25) is 9.69 Å². The maximum absolute atomic E-state index is 11.3. The number of ether oxygens (including phenoxy) is 3. The SMILES string of the molecule is CCN(CC(=O)OC)Cc1ccc2c(c1)OCCO2. The molecule has 0 radical (unpaired) electrons. The first-order chi connectivity index (χ1) is 9.22. The highest BCUT2D eigenvalue weighted by Gasteiger charge is 2.14. The van der Waals surface area contributed by atoms with Crippen molar-refractivity contribution in [2.45, 2.75) is 13.5 Å².